The van der Waals surface area contributed by atoms with Crippen molar-refractivity contribution in [2.75, 3.05) is 26.2 Å². The van der Waals surface area contributed by atoms with E-state index in [1.807, 2.05) is 0 Å². The zero-order chi connectivity index (χ0) is 29.1. The third-order valence-corrected chi connectivity index (χ3v) is 6.78. The van der Waals surface area contributed by atoms with Gasteiger partial charge in [0.1, 0.15) is 17.6 Å². The number of fused-ring (bicyclic) bond motifs is 1. The number of nitrogens with two attached hydrogens (primary N) is 1. The van der Waals surface area contributed by atoms with E-state index in [4.69, 9.17) is 22.0 Å². The van der Waals surface area contributed by atoms with Crippen molar-refractivity contribution in [3.8, 4) is 5.75 Å². The fourth-order valence-corrected chi connectivity index (χ4v) is 4.75. The first-order valence-electron chi connectivity index (χ1n) is 12.1. The van der Waals surface area contributed by atoms with E-state index in [0.717, 1.165) is 6.07 Å². The number of imide groups is 1. The molecule has 1 saturated heterocycles. The summed E-state index contributed by atoms with van der Waals surface area (Å²) in [6, 6.07) is 4.94. The smallest absolute Gasteiger partial charge is 0.534 e. The van der Waals surface area contributed by atoms with Crippen molar-refractivity contribution in [2.45, 2.75) is 18.4 Å². The van der Waals surface area contributed by atoms with Gasteiger partial charge in [-0.05, 0) is 30.2 Å². The van der Waals surface area contributed by atoms with E-state index in [2.05, 4.69) is 10.6 Å². The molecule has 2 aromatic carbocycles. The van der Waals surface area contributed by atoms with E-state index >= 15 is 0 Å². The molecule has 2 aromatic rings. The van der Waals surface area contributed by atoms with Gasteiger partial charge in [0, 0.05) is 36.8 Å². The first kappa shape index (κ1) is 28.8. The fraction of sp³-hybridized carbons (Fsp3) is 0.292. The molecule has 0 aliphatic carbocycles. The van der Waals surface area contributed by atoms with Crippen LogP contribution in [0.4, 0.5) is 9.18 Å². The lowest BCUT2D eigenvalue weighted by Crippen LogP contribution is -2.60. The Morgan fingerprint density at radius 1 is 1.18 bits per heavy atom. The highest BCUT2D eigenvalue weighted by atomic mass is 35.5. The molecule has 4 rings (SSSR count). The van der Waals surface area contributed by atoms with Crippen LogP contribution in [0, 0.1) is 5.82 Å². The van der Waals surface area contributed by atoms with Crippen molar-refractivity contribution in [3.05, 3.63) is 63.9 Å². The number of benzene rings is 2. The van der Waals surface area contributed by atoms with Crippen LogP contribution in [0.3, 0.4) is 0 Å². The lowest BCUT2D eigenvalue weighted by molar-refractivity contribution is -0.153. The maximum atomic E-state index is 14.9. The molecule has 0 spiro atoms. The molecule has 0 radical (unpaired) electrons. The minimum absolute atomic E-state index is 0.00978. The Morgan fingerprint density at radius 2 is 1.90 bits per heavy atom. The lowest BCUT2D eigenvalue weighted by atomic mass is 9.72. The predicted molar refractivity (Wildman–Crippen MR) is 138 cm³/mol. The maximum Gasteiger partial charge on any atom is 0.547 e. The average Bonchev–Trinajstić information content (AvgIpc) is 2.90. The number of aromatic carboxylic acids is 1. The summed E-state index contributed by atoms with van der Waals surface area (Å²) in [5.41, 5.74) is 5.21. The highest BCUT2D eigenvalue weighted by Gasteiger charge is 2.41. The van der Waals surface area contributed by atoms with Gasteiger partial charge in [-0.3, -0.25) is 19.3 Å². The van der Waals surface area contributed by atoms with Gasteiger partial charge in [0.2, 0.25) is 5.91 Å². The van der Waals surface area contributed by atoms with Crippen LogP contribution in [0.5, 0.6) is 5.75 Å². The van der Waals surface area contributed by atoms with Crippen LogP contribution >= 0.6 is 11.6 Å². The van der Waals surface area contributed by atoms with Crippen LogP contribution in [-0.2, 0) is 20.8 Å². The van der Waals surface area contributed by atoms with E-state index in [1.165, 1.54) is 29.2 Å². The largest absolute Gasteiger partial charge is 0.547 e. The molecule has 0 bridgehead atoms. The zero-order valence-corrected chi connectivity index (χ0v) is 21.6. The molecule has 2 aliphatic heterocycles. The number of piperazine rings is 1. The number of hydrogen-bond acceptors (Lipinski definition) is 8. The number of carboxylic acid groups (broad SMARTS) is 1. The van der Waals surface area contributed by atoms with Gasteiger partial charge < -0.3 is 36.1 Å². The van der Waals surface area contributed by atoms with E-state index < -0.39 is 60.2 Å². The van der Waals surface area contributed by atoms with Gasteiger partial charge in [0.05, 0.1) is 11.5 Å². The molecule has 40 heavy (non-hydrogen) atoms. The van der Waals surface area contributed by atoms with E-state index in [-0.39, 0.29) is 48.9 Å². The second kappa shape index (κ2) is 11.9. The van der Waals surface area contributed by atoms with Gasteiger partial charge in [-0.1, -0.05) is 29.8 Å². The highest BCUT2D eigenvalue weighted by Crippen LogP contribution is 2.31. The van der Waals surface area contributed by atoms with Crippen molar-refractivity contribution in [2.24, 2.45) is 5.73 Å². The summed E-state index contributed by atoms with van der Waals surface area (Å²) in [4.78, 5) is 64.7. The number of carbonyl (C=O) groups excluding carboxylic acids is 4. The van der Waals surface area contributed by atoms with Gasteiger partial charge in [-0.15, -0.1) is 0 Å². The Bertz CT molecular complexity index is 1360. The van der Waals surface area contributed by atoms with Crippen molar-refractivity contribution in [1.82, 2.24) is 20.4 Å². The molecule has 2 aliphatic rings. The molecule has 0 aromatic heterocycles. The number of nitrogens with zero attached hydrogens (tertiary/aromatic N) is 2. The fourth-order valence-electron chi connectivity index (χ4n) is 4.48. The lowest BCUT2D eigenvalue weighted by Gasteiger charge is -2.34. The number of amides is 5. The number of hydrogen-bond donors (Lipinski definition) is 5. The van der Waals surface area contributed by atoms with Crippen molar-refractivity contribution in [3.63, 3.8) is 0 Å². The summed E-state index contributed by atoms with van der Waals surface area (Å²) in [6.45, 7) is 0.0281. The van der Waals surface area contributed by atoms with Crippen LogP contribution in [0.1, 0.15) is 27.5 Å². The SMILES string of the molecule is NCCN1CCN(C(=O)N[C@H](C(=O)N[C@H]2Cc3cccc(C(=O)O)c3OB2O)c2c(F)cccc2Cl)C(=O)C1=O. The third-order valence-electron chi connectivity index (χ3n) is 6.45. The molecular weight excluding hydrogens is 552 g/mol. The summed E-state index contributed by atoms with van der Waals surface area (Å²) < 4.78 is 20.3. The number of para-hydroxylation sites is 1. The Balaban J connectivity index is 1.58. The molecular formula is C24H24BClFN5O8. The molecule has 0 saturated carbocycles. The normalized spacial score (nSPS) is 17.6. The quantitative estimate of drug-likeness (QED) is 0.218. The third kappa shape index (κ3) is 5.71. The maximum absolute atomic E-state index is 14.9. The van der Waals surface area contributed by atoms with Crippen molar-refractivity contribution < 1.29 is 43.1 Å². The molecule has 2 heterocycles. The molecule has 5 amide bonds. The summed E-state index contributed by atoms with van der Waals surface area (Å²) in [7, 11) is -1.70. The Hall–Kier alpha value is -4.21. The molecule has 0 unspecified atom stereocenters. The van der Waals surface area contributed by atoms with Gasteiger partial charge in [0.25, 0.3) is 0 Å². The zero-order valence-electron chi connectivity index (χ0n) is 20.8. The Morgan fingerprint density at radius 3 is 2.58 bits per heavy atom. The van der Waals surface area contributed by atoms with Gasteiger partial charge in [-0.25, -0.2) is 14.0 Å². The Kier molecular flexibility index (Phi) is 8.56. The van der Waals surface area contributed by atoms with Crippen LogP contribution in [0.2, 0.25) is 5.02 Å². The van der Waals surface area contributed by atoms with E-state index in [1.54, 1.807) is 6.07 Å². The van der Waals surface area contributed by atoms with Crippen LogP contribution in [0.15, 0.2) is 36.4 Å². The Labute approximate surface area is 232 Å². The van der Waals surface area contributed by atoms with Crippen LogP contribution < -0.4 is 21.0 Å². The van der Waals surface area contributed by atoms with Gasteiger partial charge in [-0.2, -0.15) is 0 Å². The molecule has 16 heteroatoms. The second-order valence-corrected chi connectivity index (χ2v) is 9.39. The van der Waals surface area contributed by atoms with Crippen molar-refractivity contribution >= 4 is 48.4 Å². The first-order chi connectivity index (χ1) is 19.0. The van der Waals surface area contributed by atoms with E-state index in [0.29, 0.717) is 10.5 Å². The number of halogens is 2. The van der Waals surface area contributed by atoms with Gasteiger partial charge >= 0.3 is 30.9 Å². The summed E-state index contributed by atoms with van der Waals surface area (Å²) in [6.07, 6.45) is -0.0644. The molecule has 210 valence electrons. The minimum atomic E-state index is -1.80. The average molecular weight is 576 g/mol. The molecule has 1 fully saturated rings. The number of carboxylic acids is 1. The highest BCUT2D eigenvalue weighted by molar-refractivity contribution is 6.47. The number of nitrogens with one attached hydrogen (secondary N) is 2. The topological polar surface area (TPSA) is 192 Å². The van der Waals surface area contributed by atoms with Crippen LogP contribution in [0.25, 0.3) is 0 Å². The van der Waals surface area contributed by atoms with Crippen molar-refractivity contribution in [1.29, 1.82) is 0 Å². The summed E-state index contributed by atoms with van der Waals surface area (Å²) in [5, 5.41) is 24.4. The summed E-state index contributed by atoms with van der Waals surface area (Å²) >= 11 is 6.17. The monoisotopic (exact) mass is 575 g/mol. The molecule has 2 atom stereocenters. The predicted octanol–water partition coefficient (Wildman–Crippen LogP) is -0.303. The molecule has 13 nitrogen and oxygen atoms in total. The van der Waals surface area contributed by atoms with Gasteiger partial charge in [0.15, 0.2) is 0 Å². The number of carbonyl (C=O) groups is 5. The summed E-state index contributed by atoms with van der Waals surface area (Å²) in [5.74, 6) is -6.56. The number of rotatable bonds is 7. The minimum Gasteiger partial charge on any atom is -0.534 e. The number of urea groups is 1. The van der Waals surface area contributed by atoms with Crippen LogP contribution in [-0.4, -0.2) is 88.9 Å². The van der Waals surface area contributed by atoms with E-state index in [9.17, 15) is 38.5 Å². The standard InChI is InChI=1S/C24H24BClFN5O8/c26-14-5-2-6-15(27)17(14)18(30-24(38)32-10-9-31(8-7-28)21(34)22(32)35)20(33)29-16-11-12-3-1-4-13(23(36)37)19(12)40-25(16)39/h1-6,16,18,39H,7-11,28H2,(H,29,33)(H,30,38)(H,36,37)/t16-,18-/m0/s1. The molecule has 6 N–H and O–H groups in total. The second-order valence-electron chi connectivity index (χ2n) is 8.98. The first-order valence-corrected chi connectivity index (χ1v) is 12.5.